The number of hydrogen-bond donors (Lipinski definition) is 1. The van der Waals surface area contributed by atoms with E-state index in [2.05, 4.69) is 9.72 Å². The first-order valence-electron chi connectivity index (χ1n) is 4.52. The van der Waals surface area contributed by atoms with Crippen LogP contribution in [0, 0.1) is 0 Å². The lowest BCUT2D eigenvalue weighted by Crippen LogP contribution is -2.21. The smallest absolute Gasteiger partial charge is 0.478 e. The van der Waals surface area contributed by atoms with Crippen LogP contribution < -0.4 is 4.74 Å². The lowest BCUT2D eigenvalue weighted by atomic mass is 10.1. The van der Waals surface area contributed by atoms with Gasteiger partial charge in [-0.3, -0.25) is 4.98 Å². The summed E-state index contributed by atoms with van der Waals surface area (Å²) in [6.07, 6.45) is -8.26. The van der Waals surface area contributed by atoms with Gasteiger partial charge in [-0.25, -0.2) is 13.6 Å². The van der Waals surface area contributed by atoms with E-state index >= 15 is 0 Å². The number of aromatic nitrogens is 1. The van der Waals surface area contributed by atoms with Crippen LogP contribution in [0.15, 0.2) is 6.20 Å². The molecule has 106 valence electrons. The number of nitrogens with zero attached hydrogens (tertiary/aromatic N) is 1. The van der Waals surface area contributed by atoms with Crippen LogP contribution in [0.1, 0.15) is 28.0 Å². The number of halogens is 6. The third-order valence-corrected chi connectivity index (χ3v) is 2.19. The minimum atomic E-state index is -5.27. The Bertz CT molecular complexity index is 491. The summed E-state index contributed by atoms with van der Waals surface area (Å²) in [7, 11) is 0. The molecule has 0 aliphatic carbocycles. The quantitative estimate of drug-likeness (QED) is 0.684. The maximum atomic E-state index is 12.8. The average Bonchev–Trinajstić information content (AvgIpc) is 2.25. The number of alkyl halides is 6. The molecular formula is C9H5ClF5NO3. The van der Waals surface area contributed by atoms with Crippen molar-refractivity contribution in [3.05, 3.63) is 23.0 Å². The zero-order valence-corrected chi connectivity index (χ0v) is 9.60. The van der Waals surface area contributed by atoms with Crippen LogP contribution in [0.2, 0.25) is 0 Å². The second kappa shape index (κ2) is 5.55. The third-order valence-electron chi connectivity index (χ3n) is 1.94. The van der Waals surface area contributed by atoms with E-state index in [9.17, 15) is 26.7 Å². The van der Waals surface area contributed by atoms with Crippen molar-refractivity contribution in [2.75, 3.05) is 0 Å². The molecule has 1 N–H and O–H groups in total. The predicted octanol–water partition coefficient (Wildman–Crippen LogP) is 3.35. The van der Waals surface area contributed by atoms with Crippen molar-refractivity contribution in [1.29, 1.82) is 0 Å². The van der Waals surface area contributed by atoms with Crippen molar-refractivity contribution >= 4 is 17.6 Å². The molecule has 1 rings (SSSR count). The van der Waals surface area contributed by atoms with Gasteiger partial charge < -0.3 is 9.84 Å². The van der Waals surface area contributed by atoms with Crippen LogP contribution in [0.3, 0.4) is 0 Å². The van der Waals surface area contributed by atoms with Crippen molar-refractivity contribution in [2.45, 2.75) is 18.7 Å². The Morgan fingerprint density at radius 1 is 1.47 bits per heavy atom. The molecule has 0 saturated carbocycles. The maximum Gasteiger partial charge on any atom is 0.573 e. The Labute approximate surface area is 107 Å². The molecule has 1 aromatic heterocycles. The van der Waals surface area contributed by atoms with Crippen molar-refractivity contribution in [3.8, 4) is 5.75 Å². The van der Waals surface area contributed by atoms with Crippen molar-refractivity contribution in [2.24, 2.45) is 0 Å². The monoisotopic (exact) mass is 305 g/mol. The first-order valence-corrected chi connectivity index (χ1v) is 5.05. The van der Waals surface area contributed by atoms with Crippen LogP contribution in [-0.4, -0.2) is 22.4 Å². The first-order chi connectivity index (χ1) is 8.67. The summed E-state index contributed by atoms with van der Waals surface area (Å²) in [5, 5.41) is 8.66. The molecule has 0 saturated heterocycles. The molecule has 0 atom stereocenters. The molecule has 0 radical (unpaired) electrons. The summed E-state index contributed by atoms with van der Waals surface area (Å²) < 4.78 is 65.4. The van der Waals surface area contributed by atoms with Gasteiger partial charge in [0.25, 0.3) is 6.43 Å². The topological polar surface area (TPSA) is 59.4 Å². The molecule has 0 amide bonds. The average molecular weight is 306 g/mol. The summed E-state index contributed by atoms with van der Waals surface area (Å²) in [6, 6.07) is 0. The van der Waals surface area contributed by atoms with Crippen LogP contribution in [0.25, 0.3) is 0 Å². The summed E-state index contributed by atoms with van der Waals surface area (Å²) in [5.41, 5.74) is -3.11. The molecule has 0 bridgehead atoms. The molecule has 1 heterocycles. The molecule has 0 aliphatic heterocycles. The Hall–Kier alpha value is -1.64. The number of ether oxygens (including phenoxy) is 1. The number of aromatic carboxylic acids is 1. The molecule has 10 heteroatoms. The van der Waals surface area contributed by atoms with Crippen molar-refractivity contribution in [1.82, 2.24) is 4.98 Å². The van der Waals surface area contributed by atoms with Gasteiger partial charge in [0, 0.05) is 6.20 Å². The summed E-state index contributed by atoms with van der Waals surface area (Å²) in [4.78, 5) is 14.0. The Morgan fingerprint density at radius 3 is 2.42 bits per heavy atom. The highest BCUT2D eigenvalue weighted by atomic mass is 35.5. The van der Waals surface area contributed by atoms with E-state index in [0.29, 0.717) is 6.20 Å². The second-order valence-corrected chi connectivity index (χ2v) is 3.42. The Kier molecular flexibility index (Phi) is 4.51. The normalized spacial score (nSPS) is 11.7. The van der Waals surface area contributed by atoms with E-state index in [1.807, 2.05) is 0 Å². The van der Waals surface area contributed by atoms with E-state index in [1.54, 1.807) is 0 Å². The molecule has 4 nitrogen and oxygen atoms in total. The molecule has 1 aromatic rings. The summed E-state index contributed by atoms with van der Waals surface area (Å²) >= 11 is 5.27. The Morgan fingerprint density at radius 2 is 2.05 bits per heavy atom. The molecule has 0 aliphatic rings. The van der Waals surface area contributed by atoms with E-state index in [-0.39, 0.29) is 0 Å². The highest BCUT2D eigenvalue weighted by Gasteiger charge is 2.36. The molecule has 0 fully saturated rings. The minimum absolute atomic E-state index is 0.505. The van der Waals surface area contributed by atoms with Crippen LogP contribution in [0.5, 0.6) is 5.75 Å². The van der Waals surface area contributed by atoms with Gasteiger partial charge in [0.15, 0.2) is 5.75 Å². The van der Waals surface area contributed by atoms with Gasteiger partial charge in [-0.1, -0.05) is 0 Å². The number of carbonyl (C=O) groups is 1. The fraction of sp³-hybridized carbons (Fsp3) is 0.333. The zero-order chi connectivity index (χ0) is 14.8. The van der Waals surface area contributed by atoms with E-state index < -0.39 is 47.2 Å². The molecule has 0 aromatic carbocycles. The highest BCUT2D eigenvalue weighted by molar-refractivity contribution is 6.17. The van der Waals surface area contributed by atoms with Crippen molar-refractivity contribution < 1.29 is 36.6 Å². The Balaban J connectivity index is 3.52. The van der Waals surface area contributed by atoms with Gasteiger partial charge in [0.1, 0.15) is 0 Å². The first kappa shape index (κ1) is 15.4. The highest BCUT2D eigenvalue weighted by Crippen LogP contribution is 2.37. The molecule has 0 unspecified atom stereocenters. The fourth-order valence-corrected chi connectivity index (χ4v) is 1.45. The molecule has 0 spiro atoms. The standard InChI is InChI=1S/C9H5ClF5NO3/c10-1-4-6(19-9(13,14)15)5(7(11)12)3(2-16-4)8(17)18/h2,7H,1H2,(H,17,18). The molecule has 19 heavy (non-hydrogen) atoms. The summed E-state index contributed by atoms with van der Waals surface area (Å²) in [6.45, 7) is 0. The SMILES string of the molecule is O=C(O)c1cnc(CCl)c(OC(F)(F)F)c1C(F)F. The van der Waals surface area contributed by atoms with Gasteiger partial charge in [-0.15, -0.1) is 24.8 Å². The largest absolute Gasteiger partial charge is 0.573 e. The van der Waals surface area contributed by atoms with Crippen molar-refractivity contribution in [3.63, 3.8) is 0 Å². The minimum Gasteiger partial charge on any atom is -0.478 e. The van der Waals surface area contributed by atoms with Gasteiger partial charge in [0.05, 0.1) is 22.7 Å². The lowest BCUT2D eigenvalue weighted by Gasteiger charge is -2.16. The number of carboxylic acids is 1. The van der Waals surface area contributed by atoms with E-state index in [1.165, 1.54) is 0 Å². The number of hydrogen-bond acceptors (Lipinski definition) is 3. The number of carboxylic acid groups (broad SMARTS) is 1. The third kappa shape index (κ3) is 3.66. The van der Waals surface area contributed by atoms with Crippen LogP contribution in [0.4, 0.5) is 22.0 Å². The number of rotatable bonds is 4. The van der Waals surface area contributed by atoms with Gasteiger partial charge in [-0.05, 0) is 0 Å². The fourth-order valence-electron chi connectivity index (χ4n) is 1.26. The second-order valence-electron chi connectivity index (χ2n) is 3.15. The molecular weight excluding hydrogens is 301 g/mol. The van der Waals surface area contributed by atoms with E-state index in [0.717, 1.165) is 0 Å². The lowest BCUT2D eigenvalue weighted by molar-refractivity contribution is -0.275. The van der Waals surface area contributed by atoms with Gasteiger partial charge >= 0.3 is 12.3 Å². The maximum absolute atomic E-state index is 12.8. The van der Waals surface area contributed by atoms with Crippen LogP contribution in [-0.2, 0) is 5.88 Å². The van der Waals surface area contributed by atoms with Crippen LogP contribution >= 0.6 is 11.6 Å². The zero-order valence-electron chi connectivity index (χ0n) is 8.84. The van der Waals surface area contributed by atoms with Gasteiger partial charge in [0.2, 0.25) is 0 Å². The van der Waals surface area contributed by atoms with Gasteiger partial charge in [-0.2, -0.15) is 0 Å². The predicted molar refractivity (Wildman–Crippen MR) is 52.4 cm³/mol. The summed E-state index contributed by atoms with van der Waals surface area (Å²) in [5.74, 6) is -3.88. The van der Waals surface area contributed by atoms with E-state index in [4.69, 9.17) is 16.7 Å². The number of pyridine rings is 1.